The lowest BCUT2D eigenvalue weighted by atomic mass is 9.60. The van der Waals surface area contributed by atoms with Crippen molar-refractivity contribution in [2.24, 2.45) is 23.2 Å². The van der Waals surface area contributed by atoms with Crippen LogP contribution in [0.25, 0.3) is 0 Å². The second-order valence-corrected chi connectivity index (χ2v) is 11.4. The monoisotopic (exact) mass is 432 g/mol. The maximum absolute atomic E-state index is 10.3. The topological polar surface area (TPSA) is 80.9 Å². The van der Waals surface area contributed by atoms with Crippen molar-refractivity contribution in [3.05, 3.63) is 35.5 Å². The molecule has 0 aromatic rings. The van der Waals surface area contributed by atoms with Crippen LogP contribution in [0.15, 0.2) is 35.5 Å². The number of hydrogen-bond donors (Lipinski definition) is 4. The maximum atomic E-state index is 10.3. The highest BCUT2D eigenvalue weighted by molar-refractivity contribution is 5.38. The number of allylic oxidation sites excluding steroid dienone is 3. The molecule has 3 saturated carbocycles. The molecule has 0 bridgehead atoms. The first-order valence-corrected chi connectivity index (χ1v) is 12.3. The van der Waals surface area contributed by atoms with Crippen LogP contribution in [0.5, 0.6) is 0 Å². The number of fused-ring (bicyclic) bond motifs is 1. The lowest BCUT2D eigenvalue weighted by Gasteiger charge is -2.44. The second-order valence-electron chi connectivity index (χ2n) is 11.4. The molecule has 4 heteroatoms. The van der Waals surface area contributed by atoms with Gasteiger partial charge in [-0.05, 0) is 99.5 Å². The minimum atomic E-state index is -1.04. The van der Waals surface area contributed by atoms with E-state index in [1.807, 2.05) is 0 Å². The summed E-state index contributed by atoms with van der Waals surface area (Å²) in [7, 11) is 0. The molecule has 0 spiro atoms. The fraction of sp³-hybridized carbons (Fsp3) is 0.778. The molecular weight excluding hydrogens is 388 g/mol. The Morgan fingerprint density at radius 3 is 2.58 bits per heavy atom. The summed E-state index contributed by atoms with van der Waals surface area (Å²) < 4.78 is 0. The predicted molar refractivity (Wildman–Crippen MR) is 125 cm³/mol. The van der Waals surface area contributed by atoms with Gasteiger partial charge in [-0.25, -0.2) is 0 Å². The van der Waals surface area contributed by atoms with Crippen LogP contribution in [0.3, 0.4) is 0 Å². The fourth-order valence-corrected chi connectivity index (χ4v) is 6.65. The summed E-state index contributed by atoms with van der Waals surface area (Å²) in [6.07, 6.45) is 11.1. The van der Waals surface area contributed by atoms with Crippen LogP contribution in [0.1, 0.15) is 85.5 Å². The lowest BCUT2D eigenvalue weighted by Crippen LogP contribution is -2.38. The zero-order chi connectivity index (χ0) is 23.0. The van der Waals surface area contributed by atoms with E-state index >= 15 is 0 Å². The van der Waals surface area contributed by atoms with Crippen molar-refractivity contribution in [3.63, 3.8) is 0 Å². The van der Waals surface area contributed by atoms with Crippen LogP contribution in [-0.2, 0) is 0 Å². The largest absolute Gasteiger partial charge is 0.393 e. The molecule has 4 nitrogen and oxygen atoms in total. The van der Waals surface area contributed by atoms with E-state index in [1.165, 1.54) is 31.3 Å². The Hall–Kier alpha value is -0.940. The van der Waals surface area contributed by atoms with Crippen molar-refractivity contribution in [2.45, 2.75) is 109 Å². The maximum Gasteiger partial charge on any atom is 0.0849 e. The van der Waals surface area contributed by atoms with E-state index in [4.69, 9.17) is 0 Å². The first kappa shape index (κ1) is 24.7. The third-order valence-corrected chi connectivity index (χ3v) is 8.70. The predicted octanol–water partition coefficient (Wildman–Crippen LogP) is 4.68. The van der Waals surface area contributed by atoms with Gasteiger partial charge in [0.1, 0.15) is 0 Å². The Labute approximate surface area is 188 Å². The minimum Gasteiger partial charge on any atom is -0.393 e. The van der Waals surface area contributed by atoms with E-state index in [-0.39, 0.29) is 5.41 Å². The molecule has 0 radical (unpaired) electrons. The van der Waals surface area contributed by atoms with Crippen LogP contribution in [0, 0.1) is 23.2 Å². The summed E-state index contributed by atoms with van der Waals surface area (Å²) in [5.74, 6) is 1.74. The first-order chi connectivity index (χ1) is 14.4. The zero-order valence-corrected chi connectivity index (χ0v) is 20.0. The van der Waals surface area contributed by atoms with Crippen LogP contribution in [0.4, 0.5) is 0 Å². The third kappa shape index (κ3) is 5.35. The molecule has 0 aromatic heterocycles. The Morgan fingerprint density at radius 1 is 1.19 bits per heavy atom. The van der Waals surface area contributed by atoms with Crippen molar-refractivity contribution in [1.29, 1.82) is 0 Å². The summed E-state index contributed by atoms with van der Waals surface area (Å²) in [5, 5.41) is 40.5. The molecule has 176 valence electrons. The summed E-state index contributed by atoms with van der Waals surface area (Å²) in [4.78, 5) is 0. The van der Waals surface area contributed by atoms with Gasteiger partial charge in [0.2, 0.25) is 0 Å². The zero-order valence-electron chi connectivity index (χ0n) is 20.0. The van der Waals surface area contributed by atoms with Crippen LogP contribution in [0.2, 0.25) is 0 Å². The summed E-state index contributed by atoms with van der Waals surface area (Å²) in [6.45, 7) is 12.2. The minimum absolute atomic E-state index is 0.282. The molecule has 0 aliphatic heterocycles. The molecule has 2 unspecified atom stereocenters. The van der Waals surface area contributed by atoms with E-state index in [0.29, 0.717) is 37.0 Å². The van der Waals surface area contributed by atoms with Gasteiger partial charge in [0.25, 0.3) is 0 Å². The fourth-order valence-electron chi connectivity index (χ4n) is 6.65. The van der Waals surface area contributed by atoms with E-state index in [1.54, 1.807) is 13.8 Å². The quantitative estimate of drug-likeness (QED) is 0.491. The van der Waals surface area contributed by atoms with E-state index in [2.05, 4.69) is 32.6 Å². The van der Waals surface area contributed by atoms with Crippen LogP contribution < -0.4 is 0 Å². The number of aliphatic hydroxyl groups excluding tert-OH is 3. The van der Waals surface area contributed by atoms with Gasteiger partial charge in [-0.15, -0.1) is 0 Å². The highest BCUT2D eigenvalue weighted by Gasteiger charge is 2.50. The Kier molecular flexibility index (Phi) is 7.57. The Morgan fingerprint density at radius 2 is 1.90 bits per heavy atom. The highest BCUT2D eigenvalue weighted by atomic mass is 16.3. The van der Waals surface area contributed by atoms with Crippen molar-refractivity contribution >= 4 is 0 Å². The van der Waals surface area contributed by atoms with Crippen LogP contribution in [-0.4, -0.2) is 44.3 Å². The van der Waals surface area contributed by atoms with E-state index < -0.39 is 23.9 Å². The van der Waals surface area contributed by atoms with Crippen LogP contribution >= 0.6 is 0 Å². The number of rotatable bonds is 6. The molecule has 3 fully saturated rings. The second kappa shape index (κ2) is 9.51. The average Bonchev–Trinajstić information content (AvgIpc) is 3.04. The summed E-state index contributed by atoms with van der Waals surface area (Å²) >= 11 is 0. The highest BCUT2D eigenvalue weighted by Crippen LogP contribution is 2.60. The third-order valence-electron chi connectivity index (χ3n) is 8.70. The average molecular weight is 433 g/mol. The molecule has 7 atom stereocenters. The lowest BCUT2D eigenvalue weighted by molar-refractivity contribution is -0.0554. The van der Waals surface area contributed by atoms with Gasteiger partial charge in [-0.2, -0.15) is 0 Å². The molecule has 4 N–H and O–H groups in total. The molecule has 31 heavy (non-hydrogen) atoms. The number of aliphatic hydroxyl groups is 4. The van der Waals surface area contributed by atoms with E-state index in [9.17, 15) is 20.4 Å². The van der Waals surface area contributed by atoms with Crippen molar-refractivity contribution in [2.75, 3.05) is 0 Å². The van der Waals surface area contributed by atoms with E-state index in [0.717, 1.165) is 24.0 Å². The molecule has 3 rings (SSSR count). The first-order valence-electron chi connectivity index (χ1n) is 12.3. The molecule has 0 saturated heterocycles. The summed E-state index contributed by atoms with van der Waals surface area (Å²) in [6, 6.07) is 0. The van der Waals surface area contributed by atoms with Gasteiger partial charge in [-0.3, -0.25) is 0 Å². The van der Waals surface area contributed by atoms with Crippen molar-refractivity contribution in [3.8, 4) is 0 Å². The van der Waals surface area contributed by atoms with Gasteiger partial charge < -0.3 is 20.4 Å². The van der Waals surface area contributed by atoms with Gasteiger partial charge in [0, 0.05) is 6.42 Å². The van der Waals surface area contributed by atoms with Gasteiger partial charge in [0.15, 0.2) is 0 Å². The molecule has 3 aliphatic rings. The molecule has 0 heterocycles. The molecular formula is C27H44O4. The SMILES string of the molecule is C=C1/C(=C/C=C2\CCC[C@]3(C)[C@@H]([C@H](C)CCC(O)C(C)(C)O)CC[C@@H]23)C[C@@H](O)CC1O. The van der Waals surface area contributed by atoms with Gasteiger partial charge in [-0.1, -0.05) is 38.2 Å². The Bertz CT molecular complexity index is 715. The number of hydrogen-bond acceptors (Lipinski definition) is 4. The van der Waals surface area contributed by atoms with Crippen molar-refractivity contribution < 1.29 is 20.4 Å². The van der Waals surface area contributed by atoms with Gasteiger partial charge in [0.05, 0.1) is 23.9 Å². The smallest absolute Gasteiger partial charge is 0.0849 e. The molecule has 0 aromatic carbocycles. The standard InChI is InChI=1S/C27H44O4/c1-17(8-13-25(30)26(3,4)31)22-11-12-23-19(7-6-14-27(22,23)5)9-10-20-15-21(28)16-24(29)18(20)2/h9-10,17,21-25,28-31H,2,6-8,11-16H2,1,3-5H3/b19-9+,20-10+/t17-,21-,22-,23+,24?,25?,27-/m1/s1. The normalized spacial score (nSPS) is 39.0. The molecule has 3 aliphatic carbocycles. The van der Waals surface area contributed by atoms with Gasteiger partial charge >= 0.3 is 0 Å². The summed E-state index contributed by atoms with van der Waals surface area (Å²) in [5.41, 5.74) is 2.48. The van der Waals surface area contributed by atoms with Crippen molar-refractivity contribution in [1.82, 2.24) is 0 Å². The molecule has 0 amide bonds. The Balaban J connectivity index is 1.71.